The molecule has 0 spiro atoms. The number of nitrogens with one attached hydrogen (secondary N) is 1. The second-order valence-electron chi connectivity index (χ2n) is 10.7. The Morgan fingerprint density at radius 2 is 1.78 bits per heavy atom. The number of amides is 3. The van der Waals surface area contributed by atoms with Crippen LogP contribution in [-0.4, -0.2) is 63.7 Å². The zero-order valence-electron chi connectivity index (χ0n) is 23.4. The lowest BCUT2D eigenvalue weighted by Crippen LogP contribution is -2.51. The molecule has 0 bridgehead atoms. The van der Waals surface area contributed by atoms with E-state index in [1.807, 2.05) is 29.2 Å². The van der Waals surface area contributed by atoms with Crippen LogP contribution in [0.1, 0.15) is 38.3 Å². The number of rotatable bonds is 6. The second-order valence-corrected chi connectivity index (χ2v) is 11.1. The van der Waals surface area contributed by atoms with Crippen LogP contribution in [0.15, 0.2) is 58.3 Å². The third-order valence-electron chi connectivity index (χ3n) is 7.86. The van der Waals surface area contributed by atoms with Gasteiger partial charge in [0.05, 0.1) is 12.7 Å². The van der Waals surface area contributed by atoms with Gasteiger partial charge in [0.2, 0.25) is 5.91 Å². The molecule has 10 nitrogen and oxygen atoms in total. The molecule has 41 heavy (non-hydrogen) atoms. The summed E-state index contributed by atoms with van der Waals surface area (Å²) in [5, 5.41) is 3.43. The van der Waals surface area contributed by atoms with Gasteiger partial charge in [0.15, 0.2) is 0 Å². The Morgan fingerprint density at radius 3 is 2.49 bits per heavy atom. The molecule has 2 aliphatic rings. The predicted octanol–water partition coefficient (Wildman–Crippen LogP) is 4.00. The van der Waals surface area contributed by atoms with Gasteiger partial charge in [-0.05, 0) is 62.9 Å². The first-order chi connectivity index (χ1) is 19.7. The van der Waals surface area contributed by atoms with Gasteiger partial charge in [-0.15, -0.1) is 0 Å². The first-order valence-electron chi connectivity index (χ1n) is 13.8. The number of para-hydroxylation sites is 1. The first-order valence-corrected chi connectivity index (χ1v) is 14.2. The average Bonchev–Trinajstić information content (AvgIpc) is 3.12. The molecule has 3 heterocycles. The van der Waals surface area contributed by atoms with Gasteiger partial charge in [-0.25, -0.2) is 9.59 Å². The number of anilines is 1. The molecule has 1 saturated heterocycles. The maximum Gasteiger partial charge on any atom is 0.331 e. The zero-order valence-corrected chi connectivity index (χ0v) is 24.2. The number of methoxy groups -OCH3 is 1. The number of fused-ring (bicyclic) bond motifs is 1. The maximum absolute atomic E-state index is 13.4. The number of hydrogen-bond acceptors (Lipinski definition) is 5. The lowest BCUT2D eigenvalue weighted by molar-refractivity contribution is -0.133. The topological polar surface area (TPSA) is 106 Å². The summed E-state index contributed by atoms with van der Waals surface area (Å²) in [5.41, 5.74) is 1.58. The summed E-state index contributed by atoms with van der Waals surface area (Å²) in [7, 11) is 1.49. The fourth-order valence-corrected chi connectivity index (χ4v) is 5.85. The number of halogens is 1. The monoisotopic (exact) mass is 579 g/mol. The van der Waals surface area contributed by atoms with Crippen molar-refractivity contribution in [2.45, 2.75) is 51.7 Å². The third-order valence-corrected chi connectivity index (χ3v) is 8.09. The third kappa shape index (κ3) is 5.74. The summed E-state index contributed by atoms with van der Waals surface area (Å²) >= 11 is 6.22. The lowest BCUT2D eigenvalue weighted by Gasteiger charge is -2.38. The quantitative estimate of drug-likeness (QED) is 0.475. The summed E-state index contributed by atoms with van der Waals surface area (Å²) < 4.78 is 7.88. The summed E-state index contributed by atoms with van der Waals surface area (Å²) in [6.45, 7) is 4.82. The van der Waals surface area contributed by atoms with Crippen molar-refractivity contribution in [2.75, 3.05) is 32.1 Å². The molecule has 0 unspecified atom stereocenters. The van der Waals surface area contributed by atoms with Gasteiger partial charge in [-0.2, -0.15) is 0 Å². The van der Waals surface area contributed by atoms with Gasteiger partial charge in [-0.3, -0.25) is 18.7 Å². The minimum absolute atomic E-state index is 0.0147. The Balaban J connectivity index is 1.33. The highest BCUT2D eigenvalue weighted by atomic mass is 35.5. The summed E-state index contributed by atoms with van der Waals surface area (Å²) in [6, 6.07) is 12.2. The lowest BCUT2D eigenvalue weighted by atomic mass is 10.0. The second kappa shape index (κ2) is 11.8. The van der Waals surface area contributed by atoms with E-state index < -0.39 is 17.3 Å². The average molecular weight is 580 g/mol. The molecule has 2 aliphatic heterocycles. The highest BCUT2D eigenvalue weighted by molar-refractivity contribution is 6.31. The van der Waals surface area contributed by atoms with E-state index in [4.69, 9.17) is 16.3 Å². The van der Waals surface area contributed by atoms with E-state index in [0.29, 0.717) is 48.8 Å². The van der Waals surface area contributed by atoms with E-state index in [1.54, 1.807) is 36.9 Å². The summed E-state index contributed by atoms with van der Waals surface area (Å²) in [5.74, 6) is 0.206. The van der Waals surface area contributed by atoms with Crippen molar-refractivity contribution in [3.05, 3.63) is 80.1 Å². The van der Waals surface area contributed by atoms with Crippen molar-refractivity contribution >= 4 is 29.2 Å². The van der Waals surface area contributed by atoms with Crippen LogP contribution >= 0.6 is 11.6 Å². The van der Waals surface area contributed by atoms with Gasteiger partial charge >= 0.3 is 11.7 Å². The standard InChI is InChI=1S/C30H34ClN5O5/c1-19(2)36-28(38)24(23-16-21(31)8-9-26(23)41-3)17-34(30(36)40)18-27(37)33-13-11-22(12-14-33)35-15-10-20-6-4-5-7-25(20)32-29(35)39/h4-9,16-17,19,22H,10-15,18H2,1-3H3,(H,32,39). The normalized spacial score (nSPS) is 15.9. The zero-order chi connectivity index (χ0) is 29.3. The van der Waals surface area contributed by atoms with Crippen molar-refractivity contribution < 1.29 is 14.3 Å². The highest BCUT2D eigenvalue weighted by Gasteiger charge is 2.31. The molecule has 2 aromatic carbocycles. The van der Waals surface area contributed by atoms with Crippen LogP contribution in [0, 0.1) is 0 Å². The molecular weight excluding hydrogens is 546 g/mol. The molecule has 5 rings (SSSR count). The predicted molar refractivity (Wildman–Crippen MR) is 158 cm³/mol. The largest absolute Gasteiger partial charge is 0.496 e. The van der Waals surface area contributed by atoms with Crippen molar-refractivity contribution in [1.29, 1.82) is 0 Å². The van der Waals surface area contributed by atoms with E-state index in [0.717, 1.165) is 22.2 Å². The Kier molecular flexibility index (Phi) is 8.21. The Bertz CT molecular complexity index is 1590. The fraction of sp³-hybridized carbons (Fsp3) is 0.400. The fourth-order valence-electron chi connectivity index (χ4n) is 5.68. The Morgan fingerprint density at radius 1 is 1.05 bits per heavy atom. The molecule has 0 saturated carbocycles. The van der Waals surface area contributed by atoms with Crippen LogP contribution in [0.2, 0.25) is 5.02 Å². The van der Waals surface area contributed by atoms with Gasteiger partial charge in [-0.1, -0.05) is 29.8 Å². The number of hydrogen-bond donors (Lipinski definition) is 1. The Labute approximate surface area is 243 Å². The molecule has 216 valence electrons. The molecule has 1 N–H and O–H groups in total. The van der Waals surface area contributed by atoms with Gasteiger partial charge in [0.25, 0.3) is 5.56 Å². The molecule has 3 aromatic rings. The molecule has 0 aliphatic carbocycles. The molecule has 1 fully saturated rings. The molecule has 0 radical (unpaired) electrons. The smallest absolute Gasteiger partial charge is 0.331 e. The van der Waals surface area contributed by atoms with E-state index in [9.17, 15) is 19.2 Å². The van der Waals surface area contributed by atoms with Crippen molar-refractivity contribution in [1.82, 2.24) is 18.9 Å². The van der Waals surface area contributed by atoms with Crippen LogP contribution < -0.4 is 21.3 Å². The molecule has 11 heteroatoms. The van der Waals surface area contributed by atoms with Gasteiger partial charge < -0.3 is 19.9 Å². The molecule has 0 atom stereocenters. The first kappa shape index (κ1) is 28.5. The summed E-state index contributed by atoms with van der Waals surface area (Å²) in [4.78, 5) is 56.6. The number of urea groups is 1. The van der Waals surface area contributed by atoms with Crippen LogP contribution in [-0.2, 0) is 17.8 Å². The number of nitrogens with zero attached hydrogens (tertiary/aromatic N) is 4. The van der Waals surface area contributed by atoms with Crippen LogP contribution in [0.3, 0.4) is 0 Å². The number of carbonyl (C=O) groups is 2. The SMILES string of the molecule is COc1ccc(Cl)cc1-c1cn(CC(=O)N2CCC(N3CCc4ccccc4NC3=O)CC2)c(=O)n(C(C)C)c1=O. The number of carbonyl (C=O) groups excluding carboxylic acids is 2. The number of piperidine rings is 1. The molecular formula is C30H34ClN5O5. The minimum Gasteiger partial charge on any atom is -0.496 e. The van der Waals surface area contributed by atoms with Crippen LogP contribution in [0.4, 0.5) is 10.5 Å². The van der Waals surface area contributed by atoms with E-state index in [2.05, 4.69) is 5.32 Å². The number of likely N-dealkylation sites (tertiary alicyclic amines) is 1. The van der Waals surface area contributed by atoms with Gasteiger partial charge in [0, 0.05) is 54.2 Å². The maximum atomic E-state index is 13.4. The van der Waals surface area contributed by atoms with E-state index >= 15 is 0 Å². The molecule has 1 aromatic heterocycles. The van der Waals surface area contributed by atoms with Crippen molar-refractivity contribution in [3.63, 3.8) is 0 Å². The highest BCUT2D eigenvalue weighted by Crippen LogP contribution is 2.31. The van der Waals surface area contributed by atoms with Crippen molar-refractivity contribution in [2.24, 2.45) is 0 Å². The van der Waals surface area contributed by atoms with Crippen molar-refractivity contribution in [3.8, 4) is 16.9 Å². The van der Waals surface area contributed by atoms with Crippen LogP contribution in [0.25, 0.3) is 11.1 Å². The van der Waals surface area contributed by atoms with E-state index in [1.165, 1.54) is 17.9 Å². The minimum atomic E-state index is -0.557. The number of benzene rings is 2. The number of ether oxygens (including phenoxy) is 1. The summed E-state index contributed by atoms with van der Waals surface area (Å²) in [6.07, 6.45) is 3.46. The molecule has 3 amide bonds. The van der Waals surface area contributed by atoms with Gasteiger partial charge in [0.1, 0.15) is 12.3 Å². The van der Waals surface area contributed by atoms with E-state index in [-0.39, 0.29) is 30.1 Å². The number of aromatic nitrogens is 2. The van der Waals surface area contributed by atoms with Crippen LogP contribution in [0.5, 0.6) is 5.75 Å². The Hall–Kier alpha value is -4.05.